The molecule has 0 aliphatic heterocycles. The van der Waals surface area contributed by atoms with Crippen LogP contribution in [-0.2, 0) is 4.79 Å². The molecule has 0 radical (unpaired) electrons. The van der Waals surface area contributed by atoms with Gasteiger partial charge in [0, 0.05) is 28.9 Å². The van der Waals surface area contributed by atoms with E-state index in [1.807, 2.05) is 75.4 Å². The van der Waals surface area contributed by atoms with Gasteiger partial charge in [0.2, 0.25) is 5.91 Å². The van der Waals surface area contributed by atoms with Crippen molar-refractivity contribution in [2.75, 3.05) is 5.32 Å². The van der Waals surface area contributed by atoms with Crippen LogP contribution in [-0.4, -0.2) is 41.0 Å². The molecule has 37 heavy (non-hydrogen) atoms. The summed E-state index contributed by atoms with van der Waals surface area (Å²) in [5.41, 5.74) is 7.17. The van der Waals surface area contributed by atoms with E-state index in [4.69, 9.17) is 9.97 Å². The van der Waals surface area contributed by atoms with E-state index in [9.17, 15) is 4.79 Å². The molecule has 182 valence electrons. The van der Waals surface area contributed by atoms with Crippen LogP contribution in [0.15, 0.2) is 73.2 Å². The van der Waals surface area contributed by atoms with Gasteiger partial charge in [-0.3, -0.25) is 19.9 Å². The van der Waals surface area contributed by atoms with Crippen LogP contribution in [0.2, 0.25) is 0 Å². The topological polar surface area (TPSA) is 125 Å². The fourth-order valence-electron chi connectivity index (χ4n) is 4.06. The molecule has 1 aromatic carbocycles. The number of rotatable bonds is 4. The lowest BCUT2D eigenvalue weighted by molar-refractivity contribution is -0.123. The van der Waals surface area contributed by atoms with Crippen molar-refractivity contribution in [1.82, 2.24) is 35.1 Å². The summed E-state index contributed by atoms with van der Waals surface area (Å²) in [7, 11) is 0. The Hall–Kier alpha value is -4.92. The van der Waals surface area contributed by atoms with E-state index in [0.29, 0.717) is 28.4 Å². The van der Waals surface area contributed by atoms with E-state index in [0.717, 1.165) is 33.4 Å². The minimum atomic E-state index is -0.512. The van der Waals surface area contributed by atoms with E-state index < -0.39 is 5.41 Å². The number of anilines is 1. The smallest absolute Gasteiger partial charge is 0.229 e. The zero-order valence-electron chi connectivity index (χ0n) is 20.6. The second kappa shape index (κ2) is 8.63. The SMILES string of the molecule is CC(C)(C)C(=O)Nc1cncc(-c2ccc3[nH]nc(-c4nc5c(-c6ccccn6)cccc5[nH]4)c3n2)c1. The molecule has 0 fully saturated rings. The van der Waals surface area contributed by atoms with Crippen molar-refractivity contribution in [1.29, 1.82) is 0 Å². The number of carbonyl (C=O) groups excluding carboxylic acids is 1. The van der Waals surface area contributed by atoms with Crippen molar-refractivity contribution in [2.24, 2.45) is 5.41 Å². The third kappa shape index (κ3) is 4.20. The Kier molecular flexibility index (Phi) is 5.26. The zero-order chi connectivity index (χ0) is 25.6. The van der Waals surface area contributed by atoms with Crippen LogP contribution in [0.1, 0.15) is 20.8 Å². The Balaban J connectivity index is 1.40. The highest BCUT2D eigenvalue weighted by molar-refractivity contribution is 5.96. The molecule has 9 heteroatoms. The van der Waals surface area contributed by atoms with E-state index in [2.05, 4.69) is 30.5 Å². The lowest BCUT2D eigenvalue weighted by atomic mass is 9.95. The van der Waals surface area contributed by atoms with Gasteiger partial charge in [0.05, 0.1) is 39.8 Å². The first-order valence-corrected chi connectivity index (χ1v) is 11.9. The van der Waals surface area contributed by atoms with Gasteiger partial charge in [-0.05, 0) is 36.4 Å². The van der Waals surface area contributed by atoms with Crippen LogP contribution >= 0.6 is 0 Å². The highest BCUT2D eigenvalue weighted by atomic mass is 16.2. The van der Waals surface area contributed by atoms with Crippen LogP contribution in [0.5, 0.6) is 0 Å². The number of aromatic nitrogens is 7. The summed E-state index contributed by atoms with van der Waals surface area (Å²) in [5.74, 6) is 0.528. The summed E-state index contributed by atoms with van der Waals surface area (Å²) < 4.78 is 0. The van der Waals surface area contributed by atoms with Gasteiger partial charge in [0.1, 0.15) is 5.52 Å². The van der Waals surface area contributed by atoms with Gasteiger partial charge < -0.3 is 10.3 Å². The summed E-state index contributed by atoms with van der Waals surface area (Å²) in [4.78, 5) is 34.4. The number of carbonyl (C=O) groups is 1. The van der Waals surface area contributed by atoms with Gasteiger partial charge in [-0.2, -0.15) is 5.10 Å². The van der Waals surface area contributed by atoms with Crippen molar-refractivity contribution >= 4 is 33.7 Å². The Morgan fingerprint density at radius 2 is 1.78 bits per heavy atom. The number of hydrogen-bond acceptors (Lipinski definition) is 6. The van der Waals surface area contributed by atoms with Crippen molar-refractivity contribution in [2.45, 2.75) is 20.8 Å². The number of nitrogens with one attached hydrogen (secondary N) is 3. The average Bonchev–Trinajstić information content (AvgIpc) is 3.52. The van der Waals surface area contributed by atoms with E-state index in [1.165, 1.54) is 0 Å². The largest absolute Gasteiger partial charge is 0.336 e. The Morgan fingerprint density at radius 3 is 2.59 bits per heavy atom. The van der Waals surface area contributed by atoms with Gasteiger partial charge >= 0.3 is 0 Å². The van der Waals surface area contributed by atoms with Crippen molar-refractivity contribution in [3.8, 4) is 34.0 Å². The lowest BCUT2D eigenvalue weighted by Gasteiger charge is -2.17. The predicted octanol–water partition coefficient (Wildman–Crippen LogP) is 5.61. The monoisotopic (exact) mass is 488 g/mol. The first kappa shape index (κ1) is 22.5. The fourth-order valence-corrected chi connectivity index (χ4v) is 4.06. The number of amides is 1. The molecule has 0 aliphatic carbocycles. The number of nitrogens with zero attached hydrogens (tertiary/aromatic N) is 5. The van der Waals surface area contributed by atoms with E-state index >= 15 is 0 Å². The van der Waals surface area contributed by atoms with Gasteiger partial charge in [-0.1, -0.05) is 39.0 Å². The minimum Gasteiger partial charge on any atom is -0.336 e. The van der Waals surface area contributed by atoms with E-state index in [-0.39, 0.29) is 5.91 Å². The molecular formula is C28H24N8O. The first-order chi connectivity index (χ1) is 17.9. The van der Waals surface area contributed by atoms with Gasteiger partial charge in [0.25, 0.3) is 0 Å². The summed E-state index contributed by atoms with van der Waals surface area (Å²) in [6, 6.07) is 17.5. The Labute approximate surface area is 212 Å². The number of pyridine rings is 3. The highest BCUT2D eigenvalue weighted by Crippen LogP contribution is 2.31. The molecule has 0 saturated carbocycles. The fraction of sp³-hybridized carbons (Fsp3) is 0.143. The third-order valence-corrected chi connectivity index (χ3v) is 6.06. The highest BCUT2D eigenvalue weighted by Gasteiger charge is 2.22. The number of fused-ring (bicyclic) bond motifs is 2. The normalized spacial score (nSPS) is 11.8. The third-order valence-electron chi connectivity index (χ3n) is 6.06. The van der Waals surface area contributed by atoms with Crippen molar-refractivity contribution < 1.29 is 4.79 Å². The maximum atomic E-state index is 12.4. The minimum absolute atomic E-state index is 0.0815. The van der Waals surface area contributed by atoms with Crippen molar-refractivity contribution in [3.63, 3.8) is 0 Å². The van der Waals surface area contributed by atoms with Gasteiger partial charge in [0.15, 0.2) is 11.5 Å². The van der Waals surface area contributed by atoms with Crippen LogP contribution in [0.25, 0.3) is 56.1 Å². The van der Waals surface area contributed by atoms with Gasteiger partial charge in [-0.25, -0.2) is 9.97 Å². The maximum absolute atomic E-state index is 12.4. The molecule has 0 saturated heterocycles. The lowest BCUT2D eigenvalue weighted by Crippen LogP contribution is -2.27. The van der Waals surface area contributed by atoms with E-state index in [1.54, 1.807) is 18.6 Å². The molecular weight excluding hydrogens is 464 g/mol. The molecule has 0 spiro atoms. The molecule has 5 aromatic heterocycles. The van der Waals surface area contributed by atoms with Crippen LogP contribution in [0, 0.1) is 5.41 Å². The molecule has 0 aliphatic rings. The van der Waals surface area contributed by atoms with Gasteiger partial charge in [-0.15, -0.1) is 0 Å². The summed E-state index contributed by atoms with van der Waals surface area (Å²) >= 11 is 0. The summed E-state index contributed by atoms with van der Waals surface area (Å²) in [5, 5.41) is 10.5. The first-order valence-electron chi connectivity index (χ1n) is 11.9. The second-order valence-corrected chi connectivity index (χ2v) is 9.83. The molecule has 3 N–H and O–H groups in total. The van der Waals surface area contributed by atoms with Crippen LogP contribution < -0.4 is 5.32 Å². The zero-order valence-corrected chi connectivity index (χ0v) is 20.6. The van der Waals surface area contributed by atoms with Crippen molar-refractivity contribution in [3.05, 3.63) is 73.2 Å². The number of H-pyrrole nitrogens is 2. The molecule has 9 nitrogen and oxygen atoms in total. The maximum Gasteiger partial charge on any atom is 0.229 e. The predicted molar refractivity (Wildman–Crippen MR) is 144 cm³/mol. The molecule has 6 aromatic rings. The Morgan fingerprint density at radius 1 is 0.892 bits per heavy atom. The van der Waals surface area contributed by atoms with Crippen LogP contribution in [0.3, 0.4) is 0 Å². The second-order valence-electron chi connectivity index (χ2n) is 9.83. The molecule has 0 bridgehead atoms. The summed E-state index contributed by atoms with van der Waals surface area (Å²) in [6.45, 7) is 5.60. The average molecular weight is 489 g/mol. The number of benzene rings is 1. The number of imidazole rings is 1. The number of hydrogen-bond donors (Lipinski definition) is 3. The molecule has 5 heterocycles. The molecule has 0 unspecified atom stereocenters. The molecule has 0 atom stereocenters. The number of para-hydroxylation sites is 1. The quantitative estimate of drug-likeness (QED) is 0.296. The summed E-state index contributed by atoms with van der Waals surface area (Å²) in [6.07, 6.45) is 5.12. The van der Waals surface area contributed by atoms with Crippen LogP contribution in [0.4, 0.5) is 5.69 Å². The molecule has 1 amide bonds. The Bertz CT molecular complexity index is 1760. The standard InChI is InChI=1S/C28H24N8O/c1-28(2,3)27(37)31-17-13-16(14-29-15-17)19-10-11-22-24(32-19)25(36-35-22)26-33-21-9-6-7-18(23(21)34-26)20-8-4-5-12-30-20/h4-15H,1-3H3,(H,31,37)(H,33,34)(H,35,36). The molecule has 6 rings (SSSR count). The number of aromatic amines is 2.